The normalized spacial score (nSPS) is 14.0. The molecule has 0 spiro atoms. The molecule has 3 N–H and O–H groups in total. The molecule has 128 valence electrons. The van der Waals surface area contributed by atoms with E-state index in [0.29, 0.717) is 13.1 Å². The quantitative estimate of drug-likeness (QED) is 0.692. The van der Waals surface area contributed by atoms with Crippen molar-refractivity contribution in [1.82, 2.24) is 10.6 Å². The highest BCUT2D eigenvalue weighted by Gasteiger charge is 2.21. The number of rotatable bonds is 7. The lowest BCUT2D eigenvalue weighted by Crippen LogP contribution is -3.14. The van der Waals surface area contributed by atoms with Crippen LogP contribution in [0.15, 0.2) is 30.3 Å². The zero-order chi connectivity index (χ0) is 17.5. The molecule has 0 bridgehead atoms. The van der Waals surface area contributed by atoms with Crippen molar-refractivity contribution < 1.29 is 14.5 Å². The van der Waals surface area contributed by atoms with Crippen molar-refractivity contribution in [3.05, 3.63) is 35.9 Å². The number of hydrogen-bond acceptors (Lipinski definition) is 2. The summed E-state index contributed by atoms with van der Waals surface area (Å²) in [7, 11) is 0. The van der Waals surface area contributed by atoms with Gasteiger partial charge >= 0.3 is 0 Å². The first-order valence-electron chi connectivity index (χ1n) is 8.20. The lowest BCUT2D eigenvalue weighted by Gasteiger charge is -2.23. The number of carbonyl (C=O) groups excluding carboxylic acids is 2. The molecule has 0 aliphatic heterocycles. The van der Waals surface area contributed by atoms with Gasteiger partial charge in [0, 0.05) is 5.54 Å². The maximum absolute atomic E-state index is 12.2. The maximum Gasteiger partial charge on any atom is 0.275 e. The Labute approximate surface area is 139 Å². The summed E-state index contributed by atoms with van der Waals surface area (Å²) < 4.78 is 0. The third-order valence-corrected chi connectivity index (χ3v) is 3.51. The van der Waals surface area contributed by atoms with Crippen molar-refractivity contribution in [1.29, 1.82) is 0 Å². The van der Waals surface area contributed by atoms with Gasteiger partial charge in [0.15, 0.2) is 13.1 Å². The average molecular weight is 320 g/mol. The van der Waals surface area contributed by atoms with E-state index in [1.807, 2.05) is 65.0 Å². The molecule has 0 aliphatic carbocycles. The van der Waals surface area contributed by atoms with Gasteiger partial charge in [-0.15, -0.1) is 0 Å². The van der Waals surface area contributed by atoms with E-state index in [0.717, 1.165) is 17.0 Å². The number of likely N-dealkylation sites (N-methyl/N-ethyl adjacent to an activating group) is 1. The van der Waals surface area contributed by atoms with Crippen LogP contribution in [0.3, 0.4) is 0 Å². The minimum absolute atomic E-state index is 0.0294. The summed E-state index contributed by atoms with van der Waals surface area (Å²) in [6.07, 6.45) is 0. The van der Waals surface area contributed by atoms with Gasteiger partial charge in [0.2, 0.25) is 0 Å². The summed E-state index contributed by atoms with van der Waals surface area (Å²) in [6.45, 7) is 11.1. The van der Waals surface area contributed by atoms with E-state index < -0.39 is 0 Å². The van der Waals surface area contributed by atoms with Gasteiger partial charge in [-0.05, 0) is 40.2 Å². The molecule has 0 radical (unpaired) electrons. The molecule has 5 nitrogen and oxygen atoms in total. The summed E-state index contributed by atoms with van der Waals surface area (Å²) in [5.74, 6) is -0.0694. The number of quaternary nitrogens is 1. The number of benzene rings is 1. The average Bonchev–Trinajstić information content (AvgIpc) is 2.45. The lowest BCUT2D eigenvalue weighted by molar-refractivity contribution is -0.881. The van der Waals surface area contributed by atoms with Crippen LogP contribution >= 0.6 is 0 Å². The maximum atomic E-state index is 12.2. The van der Waals surface area contributed by atoms with Crippen LogP contribution in [-0.2, 0) is 9.59 Å². The van der Waals surface area contributed by atoms with Gasteiger partial charge in [-0.2, -0.15) is 0 Å². The molecule has 0 saturated carbocycles. The fraction of sp³-hybridized carbons (Fsp3) is 0.556. The van der Waals surface area contributed by atoms with E-state index in [4.69, 9.17) is 0 Å². The van der Waals surface area contributed by atoms with Crippen molar-refractivity contribution >= 4 is 11.8 Å². The van der Waals surface area contributed by atoms with Crippen LogP contribution in [0.4, 0.5) is 0 Å². The van der Waals surface area contributed by atoms with Crippen molar-refractivity contribution in [2.45, 2.75) is 46.2 Å². The monoisotopic (exact) mass is 320 g/mol. The first kappa shape index (κ1) is 19.2. The minimum atomic E-state index is -0.250. The highest BCUT2D eigenvalue weighted by atomic mass is 16.2. The molecule has 1 unspecified atom stereocenters. The van der Waals surface area contributed by atoms with E-state index in [2.05, 4.69) is 10.6 Å². The van der Waals surface area contributed by atoms with Gasteiger partial charge < -0.3 is 15.5 Å². The minimum Gasteiger partial charge on any atom is -0.347 e. The lowest BCUT2D eigenvalue weighted by atomic mass is 10.1. The predicted molar refractivity (Wildman–Crippen MR) is 92.1 cm³/mol. The number of nitrogens with one attached hydrogen (secondary N) is 3. The zero-order valence-electron chi connectivity index (χ0n) is 14.9. The van der Waals surface area contributed by atoms with Gasteiger partial charge in [-0.1, -0.05) is 30.3 Å². The van der Waals surface area contributed by atoms with Crippen LogP contribution < -0.4 is 15.5 Å². The van der Waals surface area contributed by atoms with Crippen LogP contribution in [0.5, 0.6) is 0 Å². The number of hydrogen-bond donors (Lipinski definition) is 3. The second-order valence-corrected chi connectivity index (χ2v) is 6.96. The molecule has 0 aromatic heterocycles. The molecular weight excluding hydrogens is 290 g/mol. The summed E-state index contributed by atoms with van der Waals surface area (Å²) >= 11 is 0. The topological polar surface area (TPSA) is 62.6 Å². The molecule has 2 atom stereocenters. The second-order valence-electron chi connectivity index (χ2n) is 6.96. The summed E-state index contributed by atoms with van der Waals surface area (Å²) in [4.78, 5) is 25.1. The zero-order valence-corrected chi connectivity index (χ0v) is 14.9. The molecule has 0 fully saturated rings. The Bertz CT molecular complexity index is 509. The van der Waals surface area contributed by atoms with Crippen molar-refractivity contribution in [2.24, 2.45) is 0 Å². The molecule has 1 rings (SSSR count). The third kappa shape index (κ3) is 7.79. The first-order valence-corrected chi connectivity index (χ1v) is 8.20. The van der Waals surface area contributed by atoms with Crippen molar-refractivity contribution in [2.75, 3.05) is 19.6 Å². The van der Waals surface area contributed by atoms with E-state index in [9.17, 15) is 9.59 Å². The first-order chi connectivity index (χ1) is 10.7. The smallest absolute Gasteiger partial charge is 0.275 e. The standard InChI is InChI=1S/C18H29N3O2/c1-6-21(13-17(23)20-18(3,4)5)12-16(22)19-14(2)15-10-8-7-9-11-15/h7-11,14H,6,12-13H2,1-5H3,(H,19,22)(H,20,23)/p+1/t14-/m0/s1. The molecule has 1 aromatic carbocycles. The number of amides is 2. The molecule has 0 aliphatic rings. The Balaban J connectivity index is 2.48. The Morgan fingerprint density at radius 1 is 1.09 bits per heavy atom. The Kier molecular flexibility index (Phi) is 7.23. The van der Waals surface area contributed by atoms with Crippen molar-refractivity contribution in [3.63, 3.8) is 0 Å². The van der Waals surface area contributed by atoms with Crippen LogP contribution in [0.2, 0.25) is 0 Å². The van der Waals surface area contributed by atoms with Crippen LogP contribution in [0, 0.1) is 0 Å². The van der Waals surface area contributed by atoms with Crippen molar-refractivity contribution in [3.8, 4) is 0 Å². The van der Waals surface area contributed by atoms with Crippen LogP contribution in [0.25, 0.3) is 0 Å². The fourth-order valence-corrected chi connectivity index (χ4v) is 2.35. The summed E-state index contributed by atoms with van der Waals surface area (Å²) in [5.41, 5.74) is 0.824. The third-order valence-electron chi connectivity index (χ3n) is 3.51. The summed E-state index contributed by atoms with van der Waals surface area (Å²) in [6, 6.07) is 9.81. The Hall–Kier alpha value is -1.88. The highest BCUT2D eigenvalue weighted by Crippen LogP contribution is 2.10. The Morgan fingerprint density at radius 3 is 2.17 bits per heavy atom. The Morgan fingerprint density at radius 2 is 1.65 bits per heavy atom. The molecule has 0 saturated heterocycles. The molecule has 0 heterocycles. The van der Waals surface area contributed by atoms with Crippen LogP contribution in [0.1, 0.15) is 46.2 Å². The van der Waals surface area contributed by atoms with Gasteiger partial charge in [-0.25, -0.2) is 0 Å². The molecule has 1 aromatic rings. The molecule has 23 heavy (non-hydrogen) atoms. The summed E-state index contributed by atoms with van der Waals surface area (Å²) in [5, 5.41) is 5.92. The molecular formula is C18H30N3O2+. The van der Waals surface area contributed by atoms with Gasteiger partial charge in [-0.3, -0.25) is 9.59 Å². The van der Waals surface area contributed by atoms with Gasteiger partial charge in [0.25, 0.3) is 11.8 Å². The van der Waals surface area contributed by atoms with E-state index in [1.165, 1.54) is 0 Å². The largest absolute Gasteiger partial charge is 0.347 e. The second kappa shape index (κ2) is 8.67. The van der Waals surface area contributed by atoms with Gasteiger partial charge in [0.1, 0.15) is 0 Å². The van der Waals surface area contributed by atoms with E-state index in [-0.39, 0.29) is 23.4 Å². The van der Waals surface area contributed by atoms with E-state index >= 15 is 0 Å². The predicted octanol–water partition coefficient (Wildman–Crippen LogP) is 0.683. The van der Waals surface area contributed by atoms with Crippen LogP contribution in [-0.4, -0.2) is 37.0 Å². The van der Waals surface area contributed by atoms with E-state index in [1.54, 1.807) is 0 Å². The van der Waals surface area contributed by atoms with Gasteiger partial charge in [0.05, 0.1) is 12.6 Å². The SMILES string of the molecule is CC[NH+](CC(=O)N[C@@H](C)c1ccccc1)CC(=O)NC(C)(C)C. The molecule has 5 heteroatoms. The fourth-order valence-electron chi connectivity index (χ4n) is 2.35. The highest BCUT2D eigenvalue weighted by molar-refractivity contribution is 5.79. The number of carbonyl (C=O) groups is 2. The molecule has 2 amide bonds.